The van der Waals surface area contributed by atoms with Crippen LogP contribution in [0.5, 0.6) is 0 Å². The molecule has 0 saturated heterocycles. The van der Waals surface area contributed by atoms with E-state index in [1.54, 1.807) is 8.87 Å². The summed E-state index contributed by atoms with van der Waals surface area (Å²) in [6.07, 6.45) is 22.5. The maximum atomic E-state index is 7.25. The molecule has 0 amide bonds. The molecule has 0 heterocycles. The molecule has 0 atom stereocenters. The van der Waals surface area contributed by atoms with Crippen molar-refractivity contribution in [2.75, 3.05) is 0 Å². The molecule has 0 aromatic heterocycles. The first-order chi connectivity index (χ1) is 19.9. The van der Waals surface area contributed by atoms with Gasteiger partial charge in [0.2, 0.25) is 0 Å². The zero-order valence-corrected chi connectivity index (χ0v) is 44.0. The summed E-state index contributed by atoms with van der Waals surface area (Å²) in [6, 6.07) is 0. The molecule has 0 aromatic carbocycles. The Hall–Kier alpha value is 2.98. The van der Waals surface area contributed by atoms with E-state index in [-0.39, 0.29) is 5.48 Å². The predicted molar refractivity (Wildman–Crippen MR) is 216 cm³/mol. The van der Waals surface area contributed by atoms with E-state index in [9.17, 15) is 0 Å². The standard InChI is InChI=1S/8C4H9.4CH3.CH2.H2O.O.4Sn/c8*1-3-4-2;;;;;;;;;;;/h8*1,3-4H2,2H3;4*1H3;2*1H2;;;;;. The van der Waals surface area contributed by atoms with E-state index in [1.165, 1.54) is 129 Å². The molecule has 0 aliphatic rings. The van der Waals surface area contributed by atoms with Gasteiger partial charge in [0.25, 0.3) is 0 Å². The summed E-state index contributed by atoms with van der Waals surface area (Å²) in [5.74, 6) is 0. The van der Waals surface area contributed by atoms with Crippen LogP contribution in [0, 0.1) is 0 Å². The molecule has 0 saturated carbocycles. The van der Waals surface area contributed by atoms with Crippen LogP contribution >= 0.6 is 0 Å². The third kappa shape index (κ3) is 37.7. The fourth-order valence-corrected chi connectivity index (χ4v) is 68.6. The summed E-state index contributed by atoms with van der Waals surface area (Å²) in [7, 11) is 0. The Labute approximate surface area is 296 Å². The first kappa shape index (κ1) is 52.8. The van der Waals surface area contributed by atoms with Gasteiger partial charge in [0, 0.05) is 0 Å². The fraction of sp³-hybridized carbons (Fsp3) is 0.973. The number of hydrogen-bond donors (Lipinski definition) is 0. The molecule has 0 aliphatic heterocycles. The van der Waals surface area contributed by atoms with Gasteiger partial charge >= 0.3 is 295 Å². The summed E-state index contributed by atoms with van der Waals surface area (Å²) in [5.41, 5.74) is 0. The Morgan fingerprint density at radius 3 is 0.884 bits per heavy atom. The van der Waals surface area contributed by atoms with Crippen molar-refractivity contribution in [1.29, 1.82) is 0 Å². The molecule has 2 nitrogen and oxygen atoms in total. The molecular formula is C37H88O2Sn4. The third-order valence-corrected chi connectivity index (χ3v) is 62.5. The average molecular weight is 1040 g/mol. The van der Waals surface area contributed by atoms with Crippen molar-refractivity contribution in [2.45, 2.75) is 213 Å². The van der Waals surface area contributed by atoms with Crippen LogP contribution in [0.25, 0.3) is 0 Å². The molecule has 0 bridgehead atoms. The molecule has 6 heteroatoms. The second-order valence-corrected chi connectivity index (χ2v) is 63.8. The normalized spacial score (nSPS) is 11.6. The second-order valence-electron chi connectivity index (χ2n) is 14.7. The van der Waals surface area contributed by atoms with Crippen LogP contribution in [-0.2, 0) is 1.41 Å². The van der Waals surface area contributed by atoms with E-state index in [4.69, 9.17) is 1.41 Å². The molecule has 43 heavy (non-hydrogen) atoms. The minimum atomic E-state index is -2.26. The maximum absolute atomic E-state index is 7.25. The molecule has 0 spiro atoms. The first-order valence-electron chi connectivity index (χ1n) is 19.2. The van der Waals surface area contributed by atoms with Gasteiger partial charge in [-0.15, -0.1) is 0 Å². The van der Waals surface area contributed by atoms with E-state index in [2.05, 4.69) is 79.7 Å². The van der Waals surface area contributed by atoms with Crippen LogP contribution in [0.15, 0.2) is 0 Å². The van der Waals surface area contributed by atoms with Gasteiger partial charge in [-0.2, -0.15) is 0 Å². The quantitative estimate of drug-likeness (QED) is 0.0796. The zero-order valence-electron chi connectivity index (χ0n) is 32.6. The molecule has 0 unspecified atom stereocenters. The Balaban J connectivity index is -0.000000291. The fourth-order valence-electron chi connectivity index (χ4n) is 5.67. The minimum absolute atomic E-state index is 0. The van der Waals surface area contributed by atoms with E-state index in [0.717, 1.165) is 0 Å². The van der Waals surface area contributed by atoms with Crippen molar-refractivity contribution in [3.05, 3.63) is 0 Å². The van der Waals surface area contributed by atoms with Crippen molar-refractivity contribution in [2.24, 2.45) is 0 Å². The molecule has 2 N–H and O–H groups in total. The molecule has 264 valence electrons. The summed E-state index contributed by atoms with van der Waals surface area (Å²) in [4.78, 5) is 10.5. The zero-order chi connectivity index (χ0) is 32.8. The van der Waals surface area contributed by atoms with Gasteiger partial charge < -0.3 is 5.48 Å². The topological polar surface area (TPSA) is 40.7 Å². The predicted octanol–water partition coefficient (Wildman–Crippen LogP) is 13.9. The van der Waals surface area contributed by atoms with E-state index in [1.807, 2.05) is 0 Å². The van der Waals surface area contributed by atoms with Gasteiger partial charge in [0.15, 0.2) is 0 Å². The summed E-state index contributed by atoms with van der Waals surface area (Å²) < 4.78 is 23.8. The Morgan fingerprint density at radius 2 is 0.651 bits per heavy atom. The first-order valence-corrected chi connectivity index (χ1v) is 51.2. The van der Waals surface area contributed by atoms with Gasteiger partial charge in [-0.1, -0.05) is 0 Å². The molecule has 0 radical (unpaired) electrons. The molecule has 0 aromatic rings. The molecular weight excluding hydrogens is 951 g/mol. The molecule has 0 rings (SSSR count). The third-order valence-electron chi connectivity index (χ3n) is 8.91. The van der Waals surface area contributed by atoms with Gasteiger partial charge in [-0.3, -0.25) is 0 Å². The average Bonchev–Trinajstić information content (AvgIpc) is 2.97. The van der Waals surface area contributed by atoms with E-state index < -0.39 is 75.2 Å². The number of hydrogen-bond acceptors (Lipinski definition) is 1. The van der Waals surface area contributed by atoms with Gasteiger partial charge in [0.1, 0.15) is 0 Å². The van der Waals surface area contributed by atoms with Crippen LogP contribution in [-0.4, -0.2) is 85.2 Å². The van der Waals surface area contributed by atoms with Gasteiger partial charge in [0.05, 0.1) is 0 Å². The van der Waals surface area contributed by atoms with Crippen LogP contribution < -0.4 is 0 Å². The number of unbranched alkanes of at least 4 members (excludes halogenated alkanes) is 8. The van der Waals surface area contributed by atoms with Crippen molar-refractivity contribution in [3.8, 4) is 0 Å². The Kier molecular flexibility index (Phi) is 44.5. The van der Waals surface area contributed by atoms with Crippen LogP contribution in [0.3, 0.4) is 0 Å². The summed E-state index contributed by atoms with van der Waals surface area (Å²) in [6.45, 7) is 18.5. The van der Waals surface area contributed by atoms with Crippen LogP contribution in [0.4, 0.5) is 0 Å². The van der Waals surface area contributed by atoms with Crippen LogP contribution in [0.1, 0.15) is 158 Å². The van der Waals surface area contributed by atoms with Crippen molar-refractivity contribution >= 4 is 79.8 Å². The van der Waals surface area contributed by atoms with E-state index in [0.29, 0.717) is 0 Å². The number of rotatable bonds is 26. The summed E-state index contributed by atoms with van der Waals surface area (Å²) >= 11 is -6.94. The molecule has 0 fully saturated rings. The molecule has 0 aliphatic carbocycles. The SMILES string of the molecule is CCC[CH2][Sn]([CH3])([CH2]CCC)[O][Sn]([CH3])([CH2]CCC)[CH2]CCC.CCC[CH2][Sn]([CH3])([CH3])[CH2]CCC.O.[CH2]=[Sn]([CH2]CCC)[CH2]CCC. The monoisotopic (exact) mass is 1040 g/mol. The van der Waals surface area contributed by atoms with Crippen molar-refractivity contribution in [3.63, 3.8) is 0 Å². The van der Waals surface area contributed by atoms with Crippen molar-refractivity contribution < 1.29 is 6.89 Å². The Morgan fingerprint density at radius 1 is 0.419 bits per heavy atom. The van der Waals surface area contributed by atoms with Crippen molar-refractivity contribution in [1.82, 2.24) is 0 Å². The Bertz CT molecular complexity index is 509. The van der Waals surface area contributed by atoms with Crippen LogP contribution in [0.2, 0.25) is 55.3 Å². The van der Waals surface area contributed by atoms with Gasteiger partial charge in [-0.25, -0.2) is 0 Å². The second kappa shape index (κ2) is 36.3. The summed E-state index contributed by atoms with van der Waals surface area (Å²) in [5, 5.41) is 0. The van der Waals surface area contributed by atoms with Gasteiger partial charge in [-0.05, 0) is 0 Å². The van der Waals surface area contributed by atoms with E-state index >= 15 is 0 Å².